The highest BCUT2D eigenvalue weighted by Gasteiger charge is 2.35. The van der Waals surface area contributed by atoms with E-state index in [0.29, 0.717) is 65.7 Å². The molecule has 6 aromatic rings. The van der Waals surface area contributed by atoms with Gasteiger partial charge in [0, 0.05) is 75.4 Å². The number of morpholine rings is 1. The fourth-order valence-electron chi connectivity index (χ4n) is 8.54. The lowest BCUT2D eigenvalue weighted by atomic mass is 9.91. The zero-order chi connectivity index (χ0) is 39.8. The maximum atomic E-state index is 15.3. The van der Waals surface area contributed by atoms with Crippen LogP contribution in [-0.4, -0.2) is 88.1 Å². The molecule has 9 rings (SSSR count). The Hall–Kier alpha value is -6.43. The summed E-state index contributed by atoms with van der Waals surface area (Å²) in [7, 11) is 1.75. The number of carbonyl (C=O) groups is 3. The van der Waals surface area contributed by atoms with E-state index in [1.54, 1.807) is 11.9 Å². The molecule has 11 nitrogen and oxygen atoms in total. The second-order valence-electron chi connectivity index (χ2n) is 15.3. The fraction of sp³-hybridized carbons (Fsp3) is 0.255. The van der Waals surface area contributed by atoms with E-state index >= 15 is 4.79 Å². The molecule has 2 aromatic heterocycles. The van der Waals surface area contributed by atoms with Gasteiger partial charge in [-0.25, -0.2) is 4.79 Å². The Bertz CT molecular complexity index is 2490. The molecule has 3 aliphatic rings. The van der Waals surface area contributed by atoms with Crippen molar-refractivity contribution in [1.29, 1.82) is 0 Å². The fourth-order valence-corrected chi connectivity index (χ4v) is 8.54. The summed E-state index contributed by atoms with van der Waals surface area (Å²) in [5.41, 5.74) is 8.78. The molecule has 4 aromatic carbocycles. The van der Waals surface area contributed by atoms with E-state index in [0.717, 1.165) is 48.3 Å². The topological polar surface area (TPSA) is 107 Å². The molecular formula is C47H45N5O6. The Morgan fingerprint density at radius 3 is 2.24 bits per heavy atom. The van der Waals surface area contributed by atoms with Crippen molar-refractivity contribution >= 4 is 29.1 Å². The summed E-state index contributed by atoms with van der Waals surface area (Å²) in [6.45, 7) is 4.98. The quantitative estimate of drug-likeness (QED) is 0.164. The first-order chi connectivity index (χ1) is 28.3. The van der Waals surface area contributed by atoms with Crippen LogP contribution in [0, 0.1) is 0 Å². The number of amides is 3. The molecule has 0 radical (unpaired) electrons. The van der Waals surface area contributed by atoms with Crippen LogP contribution in [-0.2, 0) is 37.4 Å². The minimum Gasteiger partial charge on any atom is -0.489 e. The number of nitrogens with zero attached hydrogens (tertiary/aromatic N) is 5. The third-order valence-corrected chi connectivity index (χ3v) is 11.7. The van der Waals surface area contributed by atoms with E-state index in [1.807, 2.05) is 113 Å². The minimum absolute atomic E-state index is 0.0814. The van der Waals surface area contributed by atoms with Gasteiger partial charge in [-0.1, -0.05) is 60.7 Å². The van der Waals surface area contributed by atoms with Gasteiger partial charge in [0.1, 0.15) is 12.4 Å². The molecule has 1 fully saturated rings. The zero-order valence-electron chi connectivity index (χ0n) is 32.4. The molecule has 294 valence electrons. The van der Waals surface area contributed by atoms with E-state index in [1.165, 1.54) is 10.5 Å². The van der Waals surface area contributed by atoms with Crippen LogP contribution in [0.1, 0.15) is 48.5 Å². The van der Waals surface area contributed by atoms with Gasteiger partial charge in [0.2, 0.25) is 0 Å². The van der Waals surface area contributed by atoms with Gasteiger partial charge < -0.3 is 28.8 Å². The van der Waals surface area contributed by atoms with Crippen molar-refractivity contribution in [2.75, 3.05) is 44.8 Å². The van der Waals surface area contributed by atoms with Gasteiger partial charge >= 0.3 is 6.09 Å². The average Bonchev–Trinajstić information content (AvgIpc) is 3.87. The highest BCUT2D eigenvalue weighted by atomic mass is 16.5. The maximum Gasteiger partial charge on any atom is 0.407 e. The summed E-state index contributed by atoms with van der Waals surface area (Å²) in [6, 6.07) is 37.1. The van der Waals surface area contributed by atoms with Crippen LogP contribution in [0.2, 0.25) is 0 Å². The van der Waals surface area contributed by atoms with E-state index in [-0.39, 0.29) is 30.9 Å². The average molecular weight is 776 g/mol. The lowest BCUT2D eigenvalue weighted by molar-refractivity contribution is 0.0193. The zero-order valence-corrected chi connectivity index (χ0v) is 32.4. The van der Waals surface area contributed by atoms with Crippen molar-refractivity contribution in [3.05, 3.63) is 160 Å². The van der Waals surface area contributed by atoms with Crippen molar-refractivity contribution < 1.29 is 29.0 Å². The molecule has 1 saturated heterocycles. The van der Waals surface area contributed by atoms with E-state index < -0.39 is 6.09 Å². The third-order valence-electron chi connectivity index (χ3n) is 11.7. The summed E-state index contributed by atoms with van der Waals surface area (Å²) in [5, 5.41) is 9.96. The third kappa shape index (κ3) is 7.30. The summed E-state index contributed by atoms with van der Waals surface area (Å²) >= 11 is 0. The van der Waals surface area contributed by atoms with Gasteiger partial charge in [-0.3, -0.25) is 19.4 Å². The number of carbonyl (C=O) groups excluding carboxylic acids is 2. The SMILES string of the molecule is CN(C(=O)c1cc(-c2cc3c(cc2C(=O)N2Cc4ccccc4C[C@H]2CN2CCOCC2)CN(C(=O)O)C3)n2ccccc12)c1ccc(OCc2ccccc2)cc1. The van der Waals surface area contributed by atoms with Crippen LogP contribution in [0.5, 0.6) is 5.75 Å². The molecule has 0 saturated carbocycles. The second kappa shape index (κ2) is 15.8. The number of carboxylic acid groups (broad SMARTS) is 1. The number of rotatable bonds is 9. The number of pyridine rings is 1. The molecule has 11 heteroatoms. The molecular weight excluding hydrogens is 731 g/mol. The van der Waals surface area contributed by atoms with E-state index in [9.17, 15) is 14.7 Å². The Labute approximate surface area is 337 Å². The summed E-state index contributed by atoms with van der Waals surface area (Å²) in [5.74, 6) is 0.367. The lowest BCUT2D eigenvalue weighted by Gasteiger charge is -2.40. The summed E-state index contributed by atoms with van der Waals surface area (Å²) in [6.07, 6.45) is 1.62. The molecule has 0 aliphatic carbocycles. The van der Waals surface area contributed by atoms with Crippen molar-refractivity contribution in [2.24, 2.45) is 0 Å². The van der Waals surface area contributed by atoms with Gasteiger partial charge in [-0.05, 0) is 88.8 Å². The number of anilines is 1. The van der Waals surface area contributed by atoms with Gasteiger partial charge in [0.15, 0.2) is 0 Å². The van der Waals surface area contributed by atoms with Crippen molar-refractivity contribution in [3.8, 4) is 17.0 Å². The van der Waals surface area contributed by atoms with Crippen LogP contribution in [0.15, 0.2) is 121 Å². The van der Waals surface area contributed by atoms with Crippen molar-refractivity contribution in [1.82, 2.24) is 19.1 Å². The first-order valence-corrected chi connectivity index (χ1v) is 19.8. The first kappa shape index (κ1) is 37.2. The molecule has 0 unspecified atom stereocenters. The standard InChI is InChI=1S/C47H45N5O6/c1-48(37-14-16-39(17-15-37)58-31-32-9-3-2-4-10-32)45(53)42-26-44(51-18-8-7-13-43(42)51)40-24-35-27-50(47(55)56)28-36(35)25-41(40)46(54)52-29-34-12-6-5-11-33(34)23-38(52)30-49-19-21-57-22-20-49/h2-18,24-26,38H,19-23,27-31H2,1H3,(H,55,56)/t38-/m0/s1. The van der Waals surface area contributed by atoms with Gasteiger partial charge in [0.25, 0.3) is 11.8 Å². The van der Waals surface area contributed by atoms with Crippen LogP contribution in [0.4, 0.5) is 10.5 Å². The summed E-state index contributed by atoms with van der Waals surface area (Å²) in [4.78, 5) is 49.2. The predicted octanol–water partition coefficient (Wildman–Crippen LogP) is 7.35. The number of fused-ring (bicyclic) bond motifs is 3. The number of hydrogen-bond donors (Lipinski definition) is 1. The monoisotopic (exact) mass is 775 g/mol. The Kier molecular flexibility index (Phi) is 10.1. The molecule has 1 N–H and O–H groups in total. The Morgan fingerprint density at radius 2 is 1.48 bits per heavy atom. The smallest absolute Gasteiger partial charge is 0.407 e. The van der Waals surface area contributed by atoms with E-state index in [2.05, 4.69) is 23.1 Å². The van der Waals surface area contributed by atoms with Crippen molar-refractivity contribution in [3.63, 3.8) is 0 Å². The molecule has 0 bridgehead atoms. The largest absolute Gasteiger partial charge is 0.489 e. The maximum absolute atomic E-state index is 15.3. The minimum atomic E-state index is -1.01. The molecule has 5 heterocycles. The molecule has 3 aliphatic heterocycles. The predicted molar refractivity (Wildman–Crippen MR) is 221 cm³/mol. The molecule has 58 heavy (non-hydrogen) atoms. The Balaban J connectivity index is 1.08. The lowest BCUT2D eigenvalue weighted by Crippen LogP contribution is -2.52. The van der Waals surface area contributed by atoms with Gasteiger partial charge in [-0.15, -0.1) is 0 Å². The van der Waals surface area contributed by atoms with Crippen LogP contribution in [0.3, 0.4) is 0 Å². The Morgan fingerprint density at radius 1 is 0.776 bits per heavy atom. The highest BCUT2D eigenvalue weighted by Crippen LogP contribution is 2.37. The van der Waals surface area contributed by atoms with Crippen LogP contribution < -0.4 is 9.64 Å². The van der Waals surface area contributed by atoms with Crippen molar-refractivity contribution in [2.45, 2.75) is 38.7 Å². The normalized spacial score (nSPS) is 16.5. The summed E-state index contributed by atoms with van der Waals surface area (Å²) < 4.78 is 13.6. The van der Waals surface area contributed by atoms with Crippen LogP contribution in [0.25, 0.3) is 16.8 Å². The van der Waals surface area contributed by atoms with Gasteiger partial charge in [0.05, 0.1) is 30.0 Å². The van der Waals surface area contributed by atoms with E-state index in [4.69, 9.17) is 9.47 Å². The first-order valence-electron chi connectivity index (χ1n) is 19.8. The number of hydrogen-bond acceptors (Lipinski definition) is 6. The van der Waals surface area contributed by atoms with Crippen LogP contribution >= 0.6 is 0 Å². The van der Waals surface area contributed by atoms with Gasteiger partial charge in [-0.2, -0.15) is 0 Å². The number of ether oxygens (including phenoxy) is 2. The molecule has 1 atom stereocenters. The molecule has 3 amide bonds. The highest BCUT2D eigenvalue weighted by molar-refractivity contribution is 6.12. The number of benzene rings is 4. The second-order valence-corrected chi connectivity index (χ2v) is 15.3. The number of aromatic nitrogens is 1. The molecule has 0 spiro atoms.